The Bertz CT molecular complexity index is 368. The number of nitrogens with zero attached hydrogens (tertiary/aromatic N) is 1. The average Bonchev–Trinajstić information content (AvgIpc) is 2.28. The average molecular weight is 223 g/mol. The van der Waals surface area contributed by atoms with Crippen molar-refractivity contribution in [3.8, 4) is 0 Å². The van der Waals surface area contributed by atoms with E-state index in [0.29, 0.717) is 18.7 Å². The second kappa shape index (κ2) is 5.48. The number of aliphatic hydroxyl groups is 1. The van der Waals surface area contributed by atoms with E-state index in [-0.39, 0.29) is 0 Å². The summed E-state index contributed by atoms with van der Waals surface area (Å²) < 4.78 is 0. The highest BCUT2D eigenvalue weighted by molar-refractivity contribution is 5.90. The van der Waals surface area contributed by atoms with Crippen LogP contribution in [-0.4, -0.2) is 24.7 Å². The lowest BCUT2D eigenvalue weighted by atomic mass is 10.1. The molecule has 0 bridgehead atoms. The Kier molecular flexibility index (Phi) is 4.28. The summed E-state index contributed by atoms with van der Waals surface area (Å²) in [5.74, 6) is 0. The molecular weight excluding hydrogens is 206 g/mol. The van der Waals surface area contributed by atoms with Crippen molar-refractivity contribution >= 4 is 11.7 Å². The molecule has 1 atom stereocenters. The number of carbonyl (C=O) groups is 1. The van der Waals surface area contributed by atoms with Crippen molar-refractivity contribution in [1.29, 1.82) is 0 Å². The first-order valence-corrected chi connectivity index (χ1v) is 5.07. The fourth-order valence-corrected chi connectivity index (χ4v) is 1.39. The van der Waals surface area contributed by atoms with E-state index in [4.69, 9.17) is 11.5 Å². The highest BCUT2D eigenvalue weighted by Crippen LogP contribution is 2.21. The number of benzene rings is 1. The second-order valence-corrected chi connectivity index (χ2v) is 3.59. The first kappa shape index (κ1) is 12.5. The Morgan fingerprint density at radius 1 is 1.56 bits per heavy atom. The normalized spacial score (nSPS) is 12.2. The molecule has 2 amide bonds. The summed E-state index contributed by atoms with van der Waals surface area (Å²) in [7, 11) is 1.58. The zero-order valence-electron chi connectivity index (χ0n) is 9.26. The quantitative estimate of drug-likeness (QED) is 0.697. The standard InChI is InChI=1S/C11H17N3O2/c1-14(11(13)16)9-4-2-3-8(7-9)10(15)5-6-12/h2-4,7,10,15H,5-6,12H2,1H3,(H2,13,16). The van der Waals surface area contributed by atoms with E-state index in [2.05, 4.69) is 0 Å². The summed E-state index contributed by atoms with van der Waals surface area (Å²) in [4.78, 5) is 12.3. The Morgan fingerprint density at radius 3 is 2.81 bits per heavy atom. The van der Waals surface area contributed by atoms with Gasteiger partial charge in [-0.15, -0.1) is 0 Å². The van der Waals surface area contributed by atoms with Gasteiger partial charge in [-0.05, 0) is 30.7 Å². The van der Waals surface area contributed by atoms with Crippen LogP contribution in [0.3, 0.4) is 0 Å². The molecular formula is C11H17N3O2. The van der Waals surface area contributed by atoms with E-state index in [1.165, 1.54) is 4.90 Å². The van der Waals surface area contributed by atoms with Crippen LogP contribution in [0.1, 0.15) is 18.1 Å². The van der Waals surface area contributed by atoms with Crippen LogP contribution in [0.4, 0.5) is 10.5 Å². The highest BCUT2D eigenvalue weighted by Gasteiger charge is 2.10. The minimum atomic E-state index is -0.605. The smallest absolute Gasteiger partial charge is 0.318 e. The molecule has 0 saturated carbocycles. The van der Waals surface area contributed by atoms with Gasteiger partial charge in [0.05, 0.1) is 6.10 Å². The zero-order chi connectivity index (χ0) is 12.1. The molecule has 0 saturated heterocycles. The largest absolute Gasteiger partial charge is 0.388 e. The minimum absolute atomic E-state index is 0.414. The molecule has 0 aliphatic heterocycles. The van der Waals surface area contributed by atoms with E-state index in [0.717, 1.165) is 5.56 Å². The molecule has 5 N–H and O–H groups in total. The summed E-state index contributed by atoms with van der Waals surface area (Å²) in [5.41, 5.74) is 11.9. The molecule has 0 aliphatic carbocycles. The third-order valence-electron chi connectivity index (χ3n) is 2.41. The van der Waals surface area contributed by atoms with Crippen LogP contribution in [0, 0.1) is 0 Å². The van der Waals surface area contributed by atoms with Gasteiger partial charge in [-0.2, -0.15) is 0 Å². The maximum atomic E-state index is 11.0. The fourth-order valence-electron chi connectivity index (χ4n) is 1.39. The summed E-state index contributed by atoms with van der Waals surface area (Å²) in [5, 5.41) is 9.75. The number of hydrogen-bond donors (Lipinski definition) is 3. The third kappa shape index (κ3) is 2.95. The van der Waals surface area contributed by atoms with Crippen molar-refractivity contribution < 1.29 is 9.90 Å². The number of aliphatic hydroxyl groups excluding tert-OH is 1. The van der Waals surface area contributed by atoms with Gasteiger partial charge in [0.25, 0.3) is 0 Å². The van der Waals surface area contributed by atoms with E-state index < -0.39 is 12.1 Å². The number of rotatable bonds is 4. The topological polar surface area (TPSA) is 92.6 Å². The van der Waals surface area contributed by atoms with Crippen LogP contribution in [0.5, 0.6) is 0 Å². The molecule has 5 heteroatoms. The molecule has 5 nitrogen and oxygen atoms in total. The molecule has 0 fully saturated rings. The van der Waals surface area contributed by atoms with Crippen molar-refractivity contribution in [2.75, 3.05) is 18.5 Å². The Balaban J connectivity index is 2.90. The predicted molar refractivity (Wildman–Crippen MR) is 63.1 cm³/mol. The lowest BCUT2D eigenvalue weighted by Crippen LogP contribution is -2.31. The van der Waals surface area contributed by atoms with Crippen LogP contribution < -0.4 is 16.4 Å². The monoisotopic (exact) mass is 223 g/mol. The summed E-state index contributed by atoms with van der Waals surface area (Å²) >= 11 is 0. The number of nitrogens with two attached hydrogens (primary N) is 2. The van der Waals surface area contributed by atoms with Crippen LogP contribution >= 0.6 is 0 Å². The van der Waals surface area contributed by atoms with E-state index >= 15 is 0 Å². The van der Waals surface area contributed by atoms with Crippen LogP contribution in [0.15, 0.2) is 24.3 Å². The van der Waals surface area contributed by atoms with Gasteiger partial charge in [0.15, 0.2) is 0 Å². The highest BCUT2D eigenvalue weighted by atomic mass is 16.3. The minimum Gasteiger partial charge on any atom is -0.388 e. The van der Waals surface area contributed by atoms with E-state index in [1.807, 2.05) is 0 Å². The molecule has 16 heavy (non-hydrogen) atoms. The molecule has 1 unspecified atom stereocenters. The van der Waals surface area contributed by atoms with Gasteiger partial charge in [0.1, 0.15) is 0 Å². The first-order valence-electron chi connectivity index (χ1n) is 5.07. The molecule has 0 aromatic heterocycles. The second-order valence-electron chi connectivity index (χ2n) is 3.59. The number of hydrogen-bond acceptors (Lipinski definition) is 3. The number of urea groups is 1. The molecule has 0 radical (unpaired) electrons. The summed E-state index contributed by atoms with van der Waals surface area (Å²) in [6.07, 6.45) is -0.116. The van der Waals surface area contributed by atoms with Gasteiger partial charge in [-0.1, -0.05) is 12.1 Å². The molecule has 1 rings (SSSR count). The lowest BCUT2D eigenvalue weighted by molar-refractivity contribution is 0.170. The van der Waals surface area contributed by atoms with Crippen LogP contribution in [0.25, 0.3) is 0 Å². The zero-order valence-corrected chi connectivity index (χ0v) is 9.26. The SMILES string of the molecule is CN(C(N)=O)c1cccc(C(O)CCN)c1. The molecule has 0 aliphatic rings. The van der Waals surface area contributed by atoms with E-state index in [9.17, 15) is 9.90 Å². The maximum absolute atomic E-state index is 11.0. The van der Waals surface area contributed by atoms with Gasteiger partial charge in [0.2, 0.25) is 0 Å². The van der Waals surface area contributed by atoms with Crippen molar-refractivity contribution in [2.45, 2.75) is 12.5 Å². The van der Waals surface area contributed by atoms with Crippen LogP contribution in [0.2, 0.25) is 0 Å². The Hall–Kier alpha value is -1.59. The van der Waals surface area contributed by atoms with Gasteiger partial charge >= 0.3 is 6.03 Å². The summed E-state index contributed by atoms with van der Waals surface area (Å²) in [6.45, 7) is 0.414. The van der Waals surface area contributed by atoms with Crippen molar-refractivity contribution in [3.63, 3.8) is 0 Å². The molecule has 0 spiro atoms. The van der Waals surface area contributed by atoms with Gasteiger partial charge < -0.3 is 16.6 Å². The first-order chi connectivity index (χ1) is 7.56. The number of primary amides is 1. The number of carbonyl (C=O) groups excluding carboxylic acids is 1. The fraction of sp³-hybridized carbons (Fsp3) is 0.364. The predicted octanol–water partition coefficient (Wildman–Crippen LogP) is 0.584. The maximum Gasteiger partial charge on any atom is 0.318 e. The van der Waals surface area contributed by atoms with Gasteiger partial charge in [0, 0.05) is 12.7 Å². The third-order valence-corrected chi connectivity index (χ3v) is 2.41. The summed E-state index contributed by atoms with van der Waals surface area (Å²) in [6, 6.07) is 6.50. The van der Waals surface area contributed by atoms with Gasteiger partial charge in [-0.25, -0.2) is 4.79 Å². The molecule has 0 heterocycles. The van der Waals surface area contributed by atoms with Crippen molar-refractivity contribution in [1.82, 2.24) is 0 Å². The number of anilines is 1. The Morgan fingerprint density at radius 2 is 2.25 bits per heavy atom. The number of amides is 2. The van der Waals surface area contributed by atoms with Crippen molar-refractivity contribution in [3.05, 3.63) is 29.8 Å². The molecule has 1 aromatic carbocycles. The van der Waals surface area contributed by atoms with Crippen molar-refractivity contribution in [2.24, 2.45) is 11.5 Å². The van der Waals surface area contributed by atoms with Crippen LogP contribution in [-0.2, 0) is 0 Å². The Labute approximate surface area is 94.7 Å². The van der Waals surface area contributed by atoms with Gasteiger partial charge in [-0.3, -0.25) is 4.90 Å². The molecule has 1 aromatic rings. The lowest BCUT2D eigenvalue weighted by Gasteiger charge is -2.17. The van der Waals surface area contributed by atoms with E-state index in [1.54, 1.807) is 31.3 Å². The molecule has 88 valence electrons.